The van der Waals surface area contributed by atoms with Gasteiger partial charge in [0.05, 0.1) is 24.7 Å². The fourth-order valence-electron chi connectivity index (χ4n) is 2.24. The van der Waals surface area contributed by atoms with Crippen molar-refractivity contribution in [2.75, 3.05) is 37.4 Å². The lowest BCUT2D eigenvalue weighted by Gasteiger charge is -2.10. The Balaban J connectivity index is 2.15. The van der Waals surface area contributed by atoms with Crippen molar-refractivity contribution >= 4 is 46.1 Å². The molecule has 1 unspecified atom stereocenters. The van der Waals surface area contributed by atoms with Crippen LogP contribution in [0, 0.1) is 0 Å². The van der Waals surface area contributed by atoms with Crippen LogP contribution in [0.3, 0.4) is 0 Å². The van der Waals surface area contributed by atoms with Crippen molar-refractivity contribution in [1.29, 1.82) is 0 Å². The van der Waals surface area contributed by atoms with Gasteiger partial charge in [0.15, 0.2) is 10.8 Å². The number of aromatic nitrogens is 4. The third-order valence-corrected chi connectivity index (χ3v) is 4.40. The Kier molecular flexibility index (Phi) is 8.40. The van der Waals surface area contributed by atoms with E-state index in [2.05, 4.69) is 32.6 Å². The van der Waals surface area contributed by atoms with E-state index >= 15 is 0 Å². The summed E-state index contributed by atoms with van der Waals surface area (Å²) in [6.07, 6.45) is 1.74. The summed E-state index contributed by atoms with van der Waals surface area (Å²) in [5.41, 5.74) is 0.739. The Hall–Kier alpha value is -1.58. The number of alkyl halides is 1. The quantitative estimate of drug-likeness (QED) is 0.258. The number of carbonyl (C=O) groups excluding carboxylic acids is 1. The molecular formula is C16H25ClN6O2S. The number of anilines is 1. The molecule has 0 spiro atoms. The number of halogens is 1. The fraction of sp³-hybridized carbons (Fsp3) is 0.625. The number of thioether (sulfide) groups is 1. The van der Waals surface area contributed by atoms with Gasteiger partial charge in [0.1, 0.15) is 11.2 Å². The number of hydrogen-bond donors (Lipinski definition) is 2. The third kappa shape index (κ3) is 5.72. The van der Waals surface area contributed by atoms with E-state index in [9.17, 15) is 4.79 Å². The number of carbonyl (C=O) groups is 1. The first kappa shape index (κ1) is 20.7. The number of nitrogens with zero attached hydrogens (tertiary/aromatic N) is 4. The van der Waals surface area contributed by atoms with E-state index in [1.165, 1.54) is 0 Å². The van der Waals surface area contributed by atoms with Gasteiger partial charge in [-0.05, 0) is 19.6 Å². The lowest BCUT2D eigenvalue weighted by atomic mass is 10.4. The van der Waals surface area contributed by atoms with Crippen molar-refractivity contribution in [2.24, 2.45) is 0 Å². The Morgan fingerprint density at radius 1 is 1.38 bits per heavy atom. The van der Waals surface area contributed by atoms with Gasteiger partial charge in [0, 0.05) is 19.7 Å². The van der Waals surface area contributed by atoms with Crippen LogP contribution in [0.1, 0.15) is 20.8 Å². The summed E-state index contributed by atoms with van der Waals surface area (Å²) < 4.78 is 7.13. The highest BCUT2D eigenvalue weighted by molar-refractivity contribution is 7.99. The summed E-state index contributed by atoms with van der Waals surface area (Å²) in [5, 5.41) is 11.4. The van der Waals surface area contributed by atoms with Gasteiger partial charge in [-0.3, -0.25) is 4.79 Å². The monoisotopic (exact) mass is 400 g/mol. The number of hydrogen-bond acceptors (Lipinski definition) is 7. The minimum Gasteiger partial charge on any atom is -0.380 e. The van der Waals surface area contributed by atoms with Crippen molar-refractivity contribution < 1.29 is 9.53 Å². The first-order valence-electron chi connectivity index (χ1n) is 8.66. The molecule has 0 fully saturated rings. The summed E-state index contributed by atoms with van der Waals surface area (Å²) >= 11 is 7.33. The zero-order valence-electron chi connectivity index (χ0n) is 15.3. The Morgan fingerprint density at radius 2 is 2.19 bits per heavy atom. The van der Waals surface area contributed by atoms with Gasteiger partial charge >= 0.3 is 0 Å². The van der Waals surface area contributed by atoms with Crippen LogP contribution in [0.4, 0.5) is 5.82 Å². The highest BCUT2D eigenvalue weighted by Gasteiger charge is 2.14. The molecule has 0 aliphatic rings. The van der Waals surface area contributed by atoms with Gasteiger partial charge < -0.3 is 15.4 Å². The molecule has 0 saturated carbocycles. The maximum atomic E-state index is 11.6. The van der Waals surface area contributed by atoms with Crippen molar-refractivity contribution in [3.63, 3.8) is 0 Å². The predicted octanol–water partition coefficient (Wildman–Crippen LogP) is 2.13. The van der Waals surface area contributed by atoms with Crippen molar-refractivity contribution in [1.82, 2.24) is 25.1 Å². The van der Waals surface area contributed by atoms with E-state index in [1.54, 1.807) is 29.6 Å². The second-order valence-electron chi connectivity index (χ2n) is 5.42. The van der Waals surface area contributed by atoms with Crippen LogP contribution in [-0.4, -0.2) is 63.1 Å². The van der Waals surface area contributed by atoms with Gasteiger partial charge in [0.2, 0.25) is 5.91 Å². The zero-order valence-corrected chi connectivity index (χ0v) is 16.9. The molecule has 2 N–H and O–H groups in total. The third-order valence-electron chi connectivity index (χ3n) is 3.48. The second-order valence-corrected chi connectivity index (χ2v) is 7.31. The van der Waals surface area contributed by atoms with Crippen LogP contribution in [-0.2, 0) is 16.1 Å². The van der Waals surface area contributed by atoms with Gasteiger partial charge in [-0.2, -0.15) is 5.10 Å². The first-order chi connectivity index (χ1) is 12.6. The van der Waals surface area contributed by atoms with Gasteiger partial charge in [-0.1, -0.05) is 18.7 Å². The molecule has 2 aromatic heterocycles. The number of amides is 1. The maximum Gasteiger partial charge on any atom is 0.237 e. The van der Waals surface area contributed by atoms with Gasteiger partial charge in [-0.25, -0.2) is 14.6 Å². The normalized spacial score (nSPS) is 12.3. The minimum absolute atomic E-state index is 0.196. The van der Waals surface area contributed by atoms with Gasteiger partial charge in [-0.15, -0.1) is 11.6 Å². The van der Waals surface area contributed by atoms with Gasteiger partial charge in [0.25, 0.3) is 0 Å². The topological polar surface area (TPSA) is 94.0 Å². The second kappa shape index (κ2) is 10.5. The zero-order chi connectivity index (χ0) is 18.9. The molecule has 2 aromatic rings. The lowest BCUT2D eigenvalue weighted by Crippen LogP contribution is -2.32. The minimum atomic E-state index is -0.555. The van der Waals surface area contributed by atoms with Crippen LogP contribution >= 0.6 is 23.4 Å². The molecule has 8 nitrogen and oxygen atoms in total. The number of fused-ring (bicyclic) bond motifs is 1. The number of nitrogens with one attached hydrogen (secondary N) is 2. The highest BCUT2D eigenvalue weighted by atomic mass is 35.5. The molecule has 0 aliphatic heterocycles. The Labute approximate surface area is 162 Å². The SMILES string of the molecule is CCOCCNc1nc(SCC)nc2c1cnn2CCNC(=O)C(C)Cl. The van der Waals surface area contributed by atoms with Crippen LogP contribution in [0.2, 0.25) is 0 Å². The molecule has 2 heterocycles. The smallest absolute Gasteiger partial charge is 0.237 e. The molecule has 0 aliphatic carbocycles. The van der Waals surface area contributed by atoms with Crippen LogP contribution in [0.5, 0.6) is 0 Å². The molecule has 2 rings (SSSR count). The molecular weight excluding hydrogens is 376 g/mol. The molecule has 0 radical (unpaired) electrons. The van der Waals surface area contributed by atoms with E-state index in [-0.39, 0.29) is 5.91 Å². The molecule has 1 atom stereocenters. The van der Waals surface area contributed by atoms with Crippen molar-refractivity contribution in [2.45, 2.75) is 37.8 Å². The molecule has 10 heteroatoms. The average molecular weight is 401 g/mol. The van der Waals surface area contributed by atoms with Crippen molar-refractivity contribution in [3.8, 4) is 0 Å². The number of ether oxygens (including phenoxy) is 1. The Bertz CT molecular complexity index is 724. The molecule has 26 heavy (non-hydrogen) atoms. The summed E-state index contributed by atoms with van der Waals surface area (Å²) in [6.45, 7) is 8.54. The first-order valence-corrected chi connectivity index (χ1v) is 10.1. The van der Waals surface area contributed by atoms with E-state index in [0.717, 1.165) is 22.6 Å². The summed E-state index contributed by atoms with van der Waals surface area (Å²) in [5.74, 6) is 1.43. The molecule has 0 aromatic carbocycles. The highest BCUT2D eigenvalue weighted by Crippen LogP contribution is 2.24. The van der Waals surface area contributed by atoms with E-state index < -0.39 is 5.38 Å². The largest absolute Gasteiger partial charge is 0.380 e. The molecule has 1 amide bonds. The average Bonchev–Trinajstić information content (AvgIpc) is 3.02. The van der Waals surface area contributed by atoms with E-state index in [1.807, 2.05) is 6.92 Å². The van der Waals surface area contributed by atoms with Crippen LogP contribution < -0.4 is 10.6 Å². The van der Waals surface area contributed by atoms with Crippen molar-refractivity contribution in [3.05, 3.63) is 6.20 Å². The number of rotatable bonds is 11. The Morgan fingerprint density at radius 3 is 2.88 bits per heavy atom. The predicted molar refractivity (Wildman–Crippen MR) is 105 cm³/mol. The molecule has 144 valence electrons. The summed E-state index contributed by atoms with van der Waals surface area (Å²) in [7, 11) is 0. The van der Waals surface area contributed by atoms with Crippen LogP contribution in [0.15, 0.2) is 11.4 Å². The maximum absolute atomic E-state index is 11.6. The molecule has 0 bridgehead atoms. The standard InChI is InChI=1S/C16H25ClN6O2S/c1-4-25-9-7-18-13-12-10-20-23(8-6-19-15(24)11(3)17)14(12)22-16(21-13)26-5-2/h10-11H,4-9H2,1-3H3,(H,19,24)(H,18,21,22). The summed E-state index contributed by atoms with van der Waals surface area (Å²) in [4.78, 5) is 20.8. The molecule has 0 saturated heterocycles. The van der Waals surface area contributed by atoms with E-state index in [4.69, 9.17) is 16.3 Å². The van der Waals surface area contributed by atoms with E-state index in [0.29, 0.717) is 38.0 Å². The summed E-state index contributed by atoms with van der Waals surface area (Å²) in [6, 6.07) is 0. The van der Waals surface area contributed by atoms with Crippen LogP contribution in [0.25, 0.3) is 11.0 Å². The lowest BCUT2D eigenvalue weighted by molar-refractivity contribution is -0.120. The fourth-order valence-corrected chi connectivity index (χ4v) is 2.88.